The summed E-state index contributed by atoms with van der Waals surface area (Å²) in [6, 6.07) is 1.62. The van der Waals surface area contributed by atoms with Crippen molar-refractivity contribution >= 4 is 63.7 Å². The standard InChI is InChI=1S/C25H23B2F2N7O10P2/c26-47(39)42-8-14-21(18(29)25(44-14)36-9-31-19-12(36)5-32-34-23(19)38)46-48(27,40)41-7-13-20(45-47)17(28)24(43-13)35-6-10-1-2-15(37)33-11-3-4-30-22(35)16(10)11/h3-6,9,13-14,17-18,20-21,24-25H,1-2,7-8H2,(H,33,37)(H,34,38)/t13-,14-,17+,18?,20?,21+,24-,25-,47?,48?/m1/s1. The number of aromatic amines is 1. The molecule has 248 valence electrons. The van der Waals surface area contributed by atoms with Gasteiger partial charge in [0.1, 0.15) is 30.1 Å². The summed E-state index contributed by atoms with van der Waals surface area (Å²) in [6.07, 6.45) is -7.54. The second kappa shape index (κ2) is 11.7. The van der Waals surface area contributed by atoms with E-state index in [9.17, 15) is 18.7 Å². The fourth-order valence-electron chi connectivity index (χ4n) is 6.40. The molecule has 0 aromatic carbocycles. The fraction of sp³-hybridized carbons (Fsp3) is 0.480. The molecule has 4 aliphatic rings. The minimum atomic E-state index is -4.63. The highest BCUT2D eigenvalue weighted by atomic mass is 31.2. The van der Waals surface area contributed by atoms with Crippen LogP contribution >= 0.6 is 14.9 Å². The number of imidazole rings is 1. The number of halogens is 2. The Labute approximate surface area is 270 Å². The third-order valence-electron chi connectivity index (χ3n) is 8.54. The van der Waals surface area contributed by atoms with Crippen molar-refractivity contribution in [2.45, 2.75) is 62.1 Å². The van der Waals surface area contributed by atoms with E-state index in [2.05, 4.69) is 25.5 Å². The Morgan fingerprint density at radius 3 is 2.23 bits per heavy atom. The third kappa shape index (κ3) is 5.46. The topological polar surface area (TPSA) is 200 Å². The summed E-state index contributed by atoms with van der Waals surface area (Å²) in [5.41, 5.74) is 0.892. The van der Waals surface area contributed by atoms with Gasteiger partial charge in [-0.25, -0.2) is 23.8 Å². The average molecular weight is 703 g/mol. The van der Waals surface area contributed by atoms with Gasteiger partial charge in [0.2, 0.25) is 21.0 Å². The maximum absolute atomic E-state index is 16.3. The first-order chi connectivity index (χ1) is 22.9. The zero-order valence-corrected chi connectivity index (χ0v) is 26.2. The highest BCUT2D eigenvalue weighted by Gasteiger charge is 2.53. The van der Waals surface area contributed by atoms with E-state index in [4.69, 9.17) is 42.7 Å². The van der Waals surface area contributed by atoms with E-state index in [0.717, 1.165) is 10.9 Å². The Bertz CT molecular complexity index is 2100. The van der Waals surface area contributed by atoms with Gasteiger partial charge in [0.05, 0.1) is 36.9 Å². The Balaban J connectivity index is 1.08. The molecule has 0 saturated carbocycles. The Morgan fingerprint density at radius 2 is 1.56 bits per heavy atom. The minimum absolute atomic E-state index is 0.0579. The summed E-state index contributed by atoms with van der Waals surface area (Å²) in [5, 5.41) is 9.29. The van der Waals surface area contributed by atoms with Gasteiger partial charge in [-0.05, 0) is 18.1 Å². The number of amides is 1. The van der Waals surface area contributed by atoms with Crippen LogP contribution in [0.2, 0.25) is 0 Å². The average Bonchev–Trinajstić information content (AvgIpc) is 3.75. The number of anilines is 1. The van der Waals surface area contributed by atoms with E-state index in [1.165, 1.54) is 17.0 Å². The van der Waals surface area contributed by atoms with Crippen LogP contribution in [0.1, 0.15) is 24.4 Å². The number of aryl methyl sites for hydroxylation is 1. The van der Waals surface area contributed by atoms with Crippen molar-refractivity contribution in [2.24, 2.45) is 0 Å². The summed E-state index contributed by atoms with van der Waals surface area (Å²) in [6.45, 7) is -1.47. The van der Waals surface area contributed by atoms with Crippen LogP contribution in [0.3, 0.4) is 0 Å². The molecule has 48 heavy (non-hydrogen) atoms. The summed E-state index contributed by atoms with van der Waals surface area (Å²) < 4.78 is 95.0. The molecule has 3 saturated heterocycles. The molecule has 8 heterocycles. The molecule has 0 bridgehead atoms. The molecule has 4 aliphatic heterocycles. The van der Waals surface area contributed by atoms with Crippen LogP contribution in [-0.2, 0) is 47.9 Å². The number of fused-ring (bicyclic) bond motifs is 3. The van der Waals surface area contributed by atoms with Gasteiger partial charge in [-0.1, -0.05) is 0 Å². The molecule has 10 atom stereocenters. The van der Waals surface area contributed by atoms with E-state index in [1.54, 1.807) is 12.3 Å². The number of carbonyl (C=O) groups is 1. The molecule has 1 amide bonds. The van der Waals surface area contributed by atoms with Crippen molar-refractivity contribution in [1.29, 1.82) is 0 Å². The number of ether oxygens (including phenoxy) is 2. The van der Waals surface area contributed by atoms with Gasteiger partial charge in [0.25, 0.3) is 20.5 Å². The molecular formula is C25H23B2F2N7O10P2. The zero-order chi connectivity index (χ0) is 33.5. The van der Waals surface area contributed by atoms with E-state index in [-0.39, 0.29) is 29.0 Å². The lowest BCUT2D eigenvalue weighted by Crippen LogP contribution is -2.37. The number of rotatable bonds is 2. The highest BCUT2D eigenvalue weighted by molar-refractivity contribution is 7.79. The molecule has 17 nitrogen and oxygen atoms in total. The van der Waals surface area contributed by atoms with Gasteiger partial charge >= 0.3 is 0 Å². The fourth-order valence-corrected chi connectivity index (χ4v) is 8.41. The van der Waals surface area contributed by atoms with Gasteiger partial charge in [-0.2, -0.15) is 5.10 Å². The predicted octanol–water partition coefficient (Wildman–Crippen LogP) is 1.90. The summed E-state index contributed by atoms with van der Waals surface area (Å²) >= 11 is 0. The lowest BCUT2D eigenvalue weighted by atomic mass is 10.1. The number of alkyl halides is 2. The minimum Gasteiger partial charge on any atom is -0.346 e. The highest BCUT2D eigenvalue weighted by Crippen LogP contribution is 2.54. The molecule has 2 N–H and O–H groups in total. The zero-order valence-electron chi connectivity index (χ0n) is 24.5. The van der Waals surface area contributed by atoms with Crippen LogP contribution in [0.15, 0.2) is 35.8 Å². The number of H-pyrrole nitrogens is 1. The first kappa shape index (κ1) is 32.0. The van der Waals surface area contributed by atoms with E-state index < -0.39 is 82.9 Å². The number of pyridine rings is 1. The summed E-state index contributed by atoms with van der Waals surface area (Å²) in [7, 11) is 2.49. The summed E-state index contributed by atoms with van der Waals surface area (Å²) in [5.74, 6) is -0.186. The van der Waals surface area contributed by atoms with Crippen LogP contribution in [0.4, 0.5) is 14.5 Å². The van der Waals surface area contributed by atoms with Crippen molar-refractivity contribution in [1.82, 2.24) is 29.3 Å². The Morgan fingerprint density at radius 1 is 0.917 bits per heavy atom. The largest absolute Gasteiger partial charge is 0.346 e. The monoisotopic (exact) mass is 703 g/mol. The van der Waals surface area contributed by atoms with E-state index >= 15 is 8.78 Å². The molecular weight excluding hydrogens is 680 g/mol. The van der Waals surface area contributed by atoms with Gasteiger partial charge in [-0.15, -0.1) is 0 Å². The van der Waals surface area contributed by atoms with Crippen LogP contribution in [0.5, 0.6) is 0 Å². The molecule has 23 heteroatoms. The quantitative estimate of drug-likeness (QED) is 0.227. The van der Waals surface area contributed by atoms with Crippen LogP contribution in [0, 0.1) is 0 Å². The molecule has 0 spiro atoms. The first-order valence-electron chi connectivity index (χ1n) is 14.6. The lowest BCUT2D eigenvalue weighted by molar-refractivity contribution is -0.116. The molecule has 4 aromatic heterocycles. The van der Waals surface area contributed by atoms with E-state index in [0.29, 0.717) is 23.1 Å². The SMILES string of the molecule is [B]P1(=O)OC[C@H]2O[C@@H](n3cnc4c(=O)[nH]ncc43)C(F)[C@H]2OP([B])(=O)OC[C@H]2O[C@@H](n3cc4c5c(ccnc53)NC(=O)CC4)[C@@H](F)C2O1. The number of nitrogens with one attached hydrogen (secondary N) is 2. The number of aromatic nitrogens is 6. The molecule has 4 aromatic rings. The van der Waals surface area contributed by atoms with Crippen LogP contribution < -0.4 is 10.9 Å². The van der Waals surface area contributed by atoms with Gasteiger partial charge in [-0.3, -0.25) is 23.3 Å². The maximum atomic E-state index is 16.3. The Kier molecular flexibility index (Phi) is 7.76. The molecule has 3 fully saturated rings. The maximum Gasteiger partial charge on any atom is 0.292 e. The number of hydrogen-bond donors (Lipinski definition) is 2. The van der Waals surface area contributed by atoms with Crippen molar-refractivity contribution in [2.75, 3.05) is 18.5 Å². The number of nitrogens with zero attached hydrogens (tertiary/aromatic N) is 5. The normalized spacial score (nSPS) is 37.3. The van der Waals surface area contributed by atoms with Crippen LogP contribution in [-0.4, -0.2) is 100 Å². The van der Waals surface area contributed by atoms with Gasteiger partial charge in [0.15, 0.2) is 30.3 Å². The van der Waals surface area contributed by atoms with Crippen molar-refractivity contribution in [3.05, 3.63) is 46.9 Å². The van der Waals surface area contributed by atoms with Gasteiger partial charge < -0.3 is 37.5 Å². The Hall–Kier alpha value is -3.28. The molecule has 4 radical (unpaired) electrons. The van der Waals surface area contributed by atoms with Crippen molar-refractivity contribution in [3.63, 3.8) is 0 Å². The third-order valence-corrected chi connectivity index (χ3v) is 10.6. The van der Waals surface area contributed by atoms with Crippen molar-refractivity contribution < 1.29 is 50.3 Å². The molecule has 4 unspecified atom stereocenters. The first-order valence-corrected chi connectivity index (χ1v) is 17.8. The lowest BCUT2D eigenvalue weighted by Gasteiger charge is -2.29. The number of carbonyl (C=O) groups excluding carboxylic acids is 1. The van der Waals surface area contributed by atoms with Crippen LogP contribution in [0.25, 0.3) is 22.1 Å². The second-order valence-electron chi connectivity index (χ2n) is 11.6. The smallest absolute Gasteiger partial charge is 0.292 e. The van der Waals surface area contributed by atoms with Crippen molar-refractivity contribution in [3.8, 4) is 0 Å². The van der Waals surface area contributed by atoms with E-state index in [1.807, 2.05) is 0 Å². The number of hydrogen-bond acceptors (Lipinski definition) is 13. The van der Waals surface area contributed by atoms with Gasteiger partial charge in [0, 0.05) is 24.2 Å². The predicted molar refractivity (Wildman–Crippen MR) is 161 cm³/mol. The second-order valence-corrected chi connectivity index (χ2v) is 14.7. The molecule has 0 aliphatic carbocycles. The molecule has 8 rings (SSSR count). The summed E-state index contributed by atoms with van der Waals surface area (Å²) in [4.78, 5) is 32.6.